The number of aromatic nitrogens is 2. The third-order valence-electron chi connectivity index (χ3n) is 3.30. The van der Waals surface area contributed by atoms with Crippen LogP contribution >= 0.6 is 34.4 Å². The van der Waals surface area contributed by atoms with E-state index in [4.69, 9.17) is 0 Å². The topological polar surface area (TPSA) is 37.8 Å². The summed E-state index contributed by atoms with van der Waals surface area (Å²) >= 11 is 5.68. The summed E-state index contributed by atoms with van der Waals surface area (Å²) in [6.45, 7) is 7.52. The van der Waals surface area contributed by atoms with E-state index < -0.39 is 0 Å². The maximum Gasteiger partial charge on any atom is 0.157 e. The Morgan fingerprint density at radius 1 is 1.24 bits per heavy atom. The summed E-state index contributed by atoms with van der Waals surface area (Å²) < 4.78 is 0. The highest BCUT2D eigenvalue weighted by atomic mass is 32.2. The number of fused-ring (bicyclic) bond motifs is 1. The molecule has 1 aliphatic heterocycles. The van der Waals surface area contributed by atoms with Crippen LogP contribution in [0, 0.1) is 0 Å². The Balaban J connectivity index is 1.66. The number of thioether (sulfide) groups is 1. The van der Waals surface area contributed by atoms with Crippen molar-refractivity contribution in [1.82, 2.24) is 15.5 Å². The van der Waals surface area contributed by atoms with Gasteiger partial charge in [0.1, 0.15) is 5.01 Å². The lowest BCUT2D eigenvalue weighted by Gasteiger charge is -2.19. The van der Waals surface area contributed by atoms with E-state index in [9.17, 15) is 0 Å². The third-order valence-corrected chi connectivity index (χ3v) is 6.70. The number of nitrogens with one attached hydrogen (secondary N) is 1. The molecule has 0 atom stereocenters. The Labute approximate surface area is 138 Å². The summed E-state index contributed by atoms with van der Waals surface area (Å²) in [5, 5.41) is 14.5. The fourth-order valence-electron chi connectivity index (χ4n) is 2.25. The number of aryl methyl sites for hydroxylation is 1. The van der Waals surface area contributed by atoms with Gasteiger partial charge < -0.3 is 5.32 Å². The molecule has 3 rings (SSSR count). The molecule has 0 unspecified atom stereocenters. The highest BCUT2D eigenvalue weighted by Gasteiger charge is 2.17. The zero-order chi connectivity index (χ0) is 14.9. The highest BCUT2D eigenvalue weighted by molar-refractivity contribution is 7.98. The predicted octanol–water partition coefficient (Wildman–Crippen LogP) is 3.99. The van der Waals surface area contributed by atoms with Crippen LogP contribution in [0.2, 0.25) is 0 Å². The van der Waals surface area contributed by atoms with Crippen molar-refractivity contribution >= 4 is 34.4 Å². The largest absolute Gasteiger partial charge is 0.312 e. The molecule has 0 aliphatic carbocycles. The molecule has 0 saturated carbocycles. The first-order chi connectivity index (χ1) is 10.0. The molecule has 2 aromatic heterocycles. The molecular weight excluding hydrogens is 318 g/mol. The molecule has 3 heterocycles. The van der Waals surface area contributed by atoms with Crippen molar-refractivity contribution in [3.05, 3.63) is 21.5 Å². The van der Waals surface area contributed by atoms with Crippen molar-refractivity contribution in [2.45, 2.75) is 44.9 Å². The van der Waals surface area contributed by atoms with E-state index in [0.29, 0.717) is 0 Å². The zero-order valence-corrected chi connectivity index (χ0v) is 15.2. The summed E-state index contributed by atoms with van der Waals surface area (Å²) in [6.07, 6.45) is 2.17. The van der Waals surface area contributed by atoms with Crippen molar-refractivity contribution in [3.8, 4) is 9.88 Å². The van der Waals surface area contributed by atoms with Crippen molar-refractivity contribution in [2.24, 2.45) is 0 Å². The van der Waals surface area contributed by atoms with Crippen LogP contribution < -0.4 is 5.32 Å². The van der Waals surface area contributed by atoms with Gasteiger partial charge in [-0.25, -0.2) is 0 Å². The first kappa shape index (κ1) is 15.5. The number of nitrogens with zero attached hydrogens (tertiary/aromatic N) is 2. The average molecular weight is 340 g/mol. The standard InChI is InChI=1S/C15H21N3S3/c1-15(2,3)16-6-4-13-17-18-14(21-13)12-8-10-9-19-7-5-11(10)20-12/h8,16H,4-7,9H2,1-3H3. The van der Waals surface area contributed by atoms with Gasteiger partial charge in [0.2, 0.25) is 0 Å². The molecule has 0 spiro atoms. The molecule has 1 aliphatic rings. The van der Waals surface area contributed by atoms with Gasteiger partial charge in [-0.05, 0) is 44.6 Å². The molecule has 1 N–H and O–H groups in total. The van der Waals surface area contributed by atoms with Gasteiger partial charge in [-0.3, -0.25) is 0 Å². The van der Waals surface area contributed by atoms with Gasteiger partial charge in [0.05, 0.1) is 4.88 Å². The Hall–Kier alpha value is -0.430. The maximum atomic E-state index is 4.39. The smallest absolute Gasteiger partial charge is 0.157 e. The van der Waals surface area contributed by atoms with Crippen molar-refractivity contribution in [2.75, 3.05) is 12.3 Å². The second-order valence-electron chi connectivity index (χ2n) is 6.29. The molecule has 114 valence electrons. The predicted molar refractivity (Wildman–Crippen MR) is 94.5 cm³/mol. The average Bonchev–Trinajstić information content (AvgIpc) is 3.02. The SMILES string of the molecule is CC(C)(C)NCCc1nnc(-c2cc3c(s2)CCSC3)s1. The minimum absolute atomic E-state index is 0.165. The van der Waals surface area contributed by atoms with Crippen LogP contribution in [-0.4, -0.2) is 28.0 Å². The van der Waals surface area contributed by atoms with Crippen molar-refractivity contribution in [3.63, 3.8) is 0 Å². The first-order valence-electron chi connectivity index (χ1n) is 7.28. The van der Waals surface area contributed by atoms with E-state index in [1.165, 1.54) is 22.6 Å². The van der Waals surface area contributed by atoms with E-state index in [1.807, 2.05) is 23.1 Å². The van der Waals surface area contributed by atoms with E-state index in [0.717, 1.165) is 28.7 Å². The second-order valence-corrected chi connectivity index (χ2v) is 9.59. The van der Waals surface area contributed by atoms with E-state index in [2.05, 4.69) is 42.4 Å². The second kappa shape index (κ2) is 6.36. The lowest BCUT2D eigenvalue weighted by molar-refractivity contribution is 0.429. The van der Waals surface area contributed by atoms with E-state index >= 15 is 0 Å². The Morgan fingerprint density at radius 3 is 2.86 bits per heavy atom. The summed E-state index contributed by atoms with van der Waals surface area (Å²) in [5.74, 6) is 2.42. The molecule has 2 aromatic rings. The van der Waals surface area contributed by atoms with Gasteiger partial charge in [-0.15, -0.1) is 21.5 Å². The lowest BCUT2D eigenvalue weighted by atomic mass is 10.1. The lowest BCUT2D eigenvalue weighted by Crippen LogP contribution is -2.37. The molecule has 21 heavy (non-hydrogen) atoms. The Bertz CT molecular complexity index is 586. The van der Waals surface area contributed by atoms with Gasteiger partial charge in [0.25, 0.3) is 0 Å². The van der Waals surface area contributed by atoms with Crippen LogP contribution in [-0.2, 0) is 18.6 Å². The molecule has 0 saturated heterocycles. The van der Waals surface area contributed by atoms with Gasteiger partial charge in [0.15, 0.2) is 5.01 Å². The maximum absolute atomic E-state index is 4.39. The first-order valence-corrected chi connectivity index (χ1v) is 10.1. The summed E-state index contributed by atoms with van der Waals surface area (Å²) in [5.41, 5.74) is 1.68. The number of hydrogen-bond donors (Lipinski definition) is 1. The quantitative estimate of drug-likeness (QED) is 0.914. The molecule has 0 fully saturated rings. The van der Waals surface area contributed by atoms with E-state index in [1.54, 1.807) is 16.2 Å². The summed E-state index contributed by atoms with van der Waals surface area (Å²) in [7, 11) is 0. The molecule has 6 heteroatoms. The monoisotopic (exact) mass is 339 g/mol. The molecule has 0 bridgehead atoms. The Morgan fingerprint density at radius 2 is 2.10 bits per heavy atom. The normalized spacial score (nSPS) is 15.2. The molecule has 0 amide bonds. The number of rotatable bonds is 4. The van der Waals surface area contributed by atoms with Crippen LogP contribution in [0.5, 0.6) is 0 Å². The Kier molecular flexibility index (Phi) is 4.69. The highest BCUT2D eigenvalue weighted by Crippen LogP contribution is 2.37. The van der Waals surface area contributed by atoms with Crippen LogP contribution in [0.1, 0.15) is 36.2 Å². The minimum Gasteiger partial charge on any atom is -0.312 e. The van der Waals surface area contributed by atoms with Crippen molar-refractivity contribution in [1.29, 1.82) is 0 Å². The minimum atomic E-state index is 0.165. The summed E-state index contributed by atoms with van der Waals surface area (Å²) in [6, 6.07) is 2.32. The van der Waals surface area contributed by atoms with Gasteiger partial charge >= 0.3 is 0 Å². The zero-order valence-electron chi connectivity index (χ0n) is 12.7. The van der Waals surface area contributed by atoms with E-state index in [-0.39, 0.29) is 5.54 Å². The van der Waals surface area contributed by atoms with Gasteiger partial charge in [-0.1, -0.05) is 11.3 Å². The molecule has 0 aromatic carbocycles. The molecule has 0 radical (unpaired) electrons. The van der Waals surface area contributed by atoms with Crippen LogP contribution in [0.3, 0.4) is 0 Å². The van der Waals surface area contributed by atoms with Crippen molar-refractivity contribution < 1.29 is 0 Å². The van der Waals surface area contributed by atoms with Crippen LogP contribution in [0.15, 0.2) is 6.07 Å². The fraction of sp³-hybridized carbons (Fsp3) is 0.600. The molecule has 3 nitrogen and oxygen atoms in total. The number of hydrogen-bond acceptors (Lipinski definition) is 6. The molecular formula is C15H21N3S3. The third kappa shape index (κ3) is 4.06. The van der Waals surface area contributed by atoms with Gasteiger partial charge in [-0.2, -0.15) is 11.8 Å². The number of thiophene rings is 1. The van der Waals surface area contributed by atoms with Gasteiger partial charge in [0, 0.05) is 29.1 Å². The fourth-order valence-corrected chi connectivity index (χ4v) is 5.50. The van der Waals surface area contributed by atoms with Crippen LogP contribution in [0.25, 0.3) is 9.88 Å². The van der Waals surface area contributed by atoms with Crippen LogP contribution in [0.4, 0.5) is 0 Å². The summed E-state index contributed by atoms with van der Waals surface area (Å²) in [4.78, 5) is 2.85.